The molecule has 1 aromatic heterocycles. The molecule has 1 unspecified atom stereocenters. The number of hydrogen-bond donors (Lipinski definition) is 1. The van der Waals surface area contributed by atoms with Crippen LogP contribution in [0, 0.1) is 12.8 Å². The summed E-state index contributed by atoms with van der Waals surface area (Å²) in [4.78, 5) is 15.0. The van der Waals surface area contributed by atoms with Crippen LogP contribution in [-0.2, 0) is 4.79 Å². The van der Waals surface area contributed by atoms with E-state index in [1.54, 1.807) is 0 Å². The Bertz CT molecular complexity index is 402. The maximum absolute atomic E-state index is 10.6. The van der Waals surface area contributed by atoms with E-state index in [-0.39, 0.29) is 5.75 Å². The van der Waals surface area contributed by atoms with Crippen molar-refractivity contribution >= 4 is 17.7 Å². The standard InChI is InChI=1S/C13H22N2O2S/c1-9(2)5-6-11(4)15-7-10(3)14-13(15)18-8-12(16)17/h7,9,11H,5-6,8H2,1-4H3,(H,16,17). The first-order chi connectivity index (χ1) is 8.40. The van der Waals surface area contributed by atoms with Gasteiger partial charge in [0.25, 0.3) is 0 Å². The van der Waals surface area contributed by atoms with Gasteiger partial charge in [0.2, 0.25) is 0 Å². The summed E-state index contributed by atoms with van der Waals surface area (Å²) in [5, 5.41) is 9.54. The highest BCUT2D eigenvalue weighted by Gasteiger charge is 2.14. The molecule has 1 aromatic rings. The number of hydrogen-bond acceptors (Lipinski definition) is 3. The van der Waals surface area contributed by atoms with Crippen molar-refractivity contribution in [3.63, 3.8) is 0 Å². The molecule has 0 radical (unpaired) electrons. The van der Waals surface area contributed by atoms with Crippen LogP contribution in [0.2, 0.25) is 0 Å². The lowest BCUT2D eigenvalue weighted by Gasteiger charge is -2.16. The highest BCUT2D eigenvalue weighted by molar-refractivity contribution is 7.99. The Labute approximate surface area is 113 Å². The van der Waals surface area contributed by atoms with Gasteiger partial charge < -0.3 is 9.67 Å². The summed E-state index contributed by atoms with van der Waals surface area (Å²) in [5.41, 5.74) is 0.944. The summed E-state index contributed by atoms with van der Waals surface area (Å²) in [5.74, 6) is -0.0536. The number of carboxylic acids is 1. The van der Waals surface area contributed by atoms with Crippen molar-refractivity contribution in [2.24, 2.45) is 5.92 Å². The fourth-order valence-electron chi connectivity index (χ4n) is 1.76. The molecule has 0 saturated heterocycles. The number of aliphatic carboxylic acids is 1. The SMILES string of the molecule is Cc1cn(C(C)CCC(C)C)c(SCC(=O)O)n1. The van der Waals surface area contributed by atoms with Crippen molar-refractivity contribution < 1.29 is 9.90 Å². The normalized spacial score (nSPS) is 12.9. The van der Waals surface area contributed by atoms with Crippen molar-refractivity contribution in [3.8, 4) is 0 Å². The van der Waals surface area contributed by atoms with E-state index in [0.29, 0.717) is 12.0 Å². The lowest BCUT2D eigenvalue weighted by molar-refractivity contribution is -0.133. The Morgan fingerprint density at radius 1 is 1.44 bits per heavy atom. The van der Waals surface area contributed by atoms with E-state index in [1.165, 1.54) is 18.2 Å². The average Bonchev–Trinajstić information content (AvgIpc) is 2.64. The molecule has 0 aliphatic heterocycles. The van der Waals surface area contributed by atoms with Crippen LogP contribution >= 0.6 is 11.8 Å². The van der Waals surface area contributed by atoms with Gasteiger partial charge in [0, 0.05) is 12.2 Å². The first-order valence-electron chi connectivity index (χ1n) is 6.30. The van der Waals surface area contributed by atoms with Crippen LogP contribution in [0.4, 0.5) is 0 Å². The Morgan fingerprint density at radius 2 is 2.11 bits per heavy atom. The van der Waals surface area contributed by atoms with Gasteiger partial charge in [0.1, 0.15) is 0 Å². The second kappa shape index (κ2) is 6.83. The average molecular weight is 270 g/mol. The van der Waals surface area contributed by atoms with Crippen molar-refractivity contribution in [2.45, 2.75) is 51.7 Å². The number of nitrogens with zero attached hydrogens (tertiary/aromatic N) is 2. The van der Waals surface area contributed by atoms with E-state index in [4.69, 9.17) is 5.11 Å². The van der Waals surface area contributed by atoms with Crippen LogP contribution in [0.15, 0.2) is 11.4 Å². The van der Waals surface area contributed by atoms with Gasteiger partial charge in [-0.3, -0.25) is 4.79 Å². The van der Waals surface area contributed by atoms with Crippen molar-refractivity contribution in [1.29, 1.82) is 0 Å². The molecule has 1 heterocycles. The van der Waals surface area contributed by atoms with Crippen molar-refractivity contribution in [2.75, 3.05) is 5.75 Å². The number of imidazole rings is 1. The zero-order valence-electron chi connectivity index (χ0n) is 11.5. The van der Waals surface area contributed by atoms with E-state index >= 15 is 0 Å². The third-order valence-electron chi connectivity index (χ3n) is 2.78. The predicted octanol–water partition coefficient (Wildman–Crippen LogP) is 3.37. The summed E-state index contributed by atoms with van der Waals surface area (Å²) in [6.45, 7) is 8.53. The van der Waals surface area contributed by atoms with Crippen LogP contribution in [-0.4, -0.2) is 26.4 Å². The third-order valence-corrected chi connectivity index (χ3v) is 3.73. The first kappa shape index (κ1) is 15.1. The van der Waals surface area contributed by atoms with E-state index in [1.807, 2.05) is 13.1 Å². The van der Waals surface area contributed by atoms with Crippen molar-refractivity contribution in [1.82, 2.24) is 9.55 Å². The predicted molar refractivity (Wildman–Crippen MR) is 74.1 cm³/mol. The second-order valence-corrected chi connectivity index (χ2v) is 6.02. The molecule has 5 heteroatoms. The quantitative estimate of drug-likeness (QED) is 0.772. The molecule has 0 bridgehead atoms. The summed E-state index contributed by atoms with van der Waals surface area (Å²) in [7, 11) is 0. The molecule has 0 spiro atoms. The fraction of sp³-hybridized carbons (Fsp3) is 0.692. The van der Waals surface area contributed by atoms with Crippen molar-refractivity contribution in [3.05, 3.63) is 11.9 Å². The van der Waals surface area contributed by atoms with Gasteiger partial charge in [-0.05, 0) is 32.6 Å². The largest absolute Gasteiger partial charge is 0.481 e. The summed E-state index contributed by atoms with van der Waals surface area (Å²) >= 11 is 1.29. The molecule has 0 aromatic carbocycles. The number of carbonyl (C=O) groups is 1. The first-order valence-corrected chi connectivity index (χ1v) is 7.28. The number of thioether (sulfide) groups is 1. The van der Waals surface area contributed by atoms with Gasteiger partial charge in [-0.2, -0.15) is 0 Å². The van der Waals surface area contributed by atoms with Gasteiger partial charge in [0.05, 0.1) is 11.4 Å². The molecule has 4 nitrogen and oxygen atoms in total. The highest BCUT2D eigenvalue weighted by Crippen LogP contribution is 2.25. The van der Waals surface area contributed by atoms with Gasteiger partial charge in [0.15, 0.2) is 5.16 Å². The minimum absolute atomic E-state index is 0.0629. The Kier molecular flexibility index (Phi) is 5.72. The van der Waals surface area contributed by atoms with Gasteiger partial charge in [-0.15, -0.1) is 0 Å². The lowest BCUT2D eigenvalue weighted by Crippen LogP contribution is -2.08. The number of aromatic nitrogens is 2. The summed E-state index contributed by atoms with van der Waals surface area (Å²) in [6, 6.07) is 0.366. The van der Waals surface area contributed by atoms with Crippen LogP contribution in [0.25, 0.3) is 0 Å². The second-order valence-electron chi connectivity index (χ2n) is 5.07. The minimum Gasteiger partial charge on any atom is -0.481 e. The molecule has 18 heavy (non-hydrogen) atoms. The Hall–Kier alpha value is -0.970. The van der Waals surface area contributed by atoms with E-state index in [2.05, 4.69) is 30.3 Å². The van der Waals surface area contributed by atoms with Crippen LogP contribution in [0.1, 0.15) is 45.3 Å². The fourth-order valence-corrected chi connectivity index (χ4v) is 2.60. The van der Waals surface area contributed by atoms with Crippen LogP contribution in [0.3, 0.4) is 0 Å². The molecule has 1 atom stereocenters. The smallest absolute Gasteiger partial charge is 0.313 e. The summed E-state index contributed by atoms with van der Waals surface area (Å²) < 4.78 is 2.10. The maximum Gasteiger partial charge on any atom is 0.313 e. The monoisotopic (exact) mass is 270 g/mol. The number of carboxylic acid groups (broad SMARTS) is 1. The molecule has 0 amide bonds. The summed E-state index contributed by atoms with van der Waals surface area (Å²) in [6.07, 6.45) is 4.27. The van der Waals surface area contributed by atoms with E-state index in [0.717, 1.165) is 17.3 Å². The molecule has 102 valence electrons. The zero-order chi connectivity index (χ0) is 13.7. The molecule has 0 aliphatic carbocycles. The van der Waals surface area contributed by atoms with E-state index < -0.39 is 5.97 Å². The Balaban J connectivity index is 2.70. The number of aryl methyl sites for hydroxylation is 1. The highest BCUT2D eigenvalue weighted by atomic mass is 32.2. The zero-order valence-corrected chi connectivity index (χ0v) is 12.3. The molecular formula is C13H22N2O2S. The van der Waals surface area contributed by atoms with Crippen LogP contribution in [0.5, 0.6) is 0 Å². The third kappa shape index (κ3) is 4.72. The maximum atomic E-state index is 10.6. The van der Waals surface area contributed by atoms with Gasteiger partial charge in [-0.25, -0.2) is 4.98 Å². The molecular weight excluding hydrogens is 248 g/mol. The van der Waals surface area contributed by atoms with E-state index in [9.17, 15) is 4.79 Å². The van der Waals surface area contributed by atoms with Gasteiger partial charge >= 0.3 is 5.97 Å². The molecule has 1 N–H and O–H groups in total. The van der Waals surface area contributed by atoms with Gasteiger partial charge in [-0.1, -0.05) is 25.6 Å². The molecule has 0 aliphatic rings. The molecule has 0 fully saturated rings. The minimum atomic E-state index is -0.804. The molecule has 0 saturated carbocycles. The van der Waals surface area contributed by atoms with Crippen LogP contribution < -0.4 is 0 Å². The Morgan fingerprint density at radius 3 is 2.67 bits per heavy atom. The lowest BCUT2D eigenvalue weighted by atomic mass is 10.0. The topological polar surface area (TPSA) is 55.1 Å². The molecule has 1 rings (SSSR count). The number of rotatable bonds is 7.